The van der Waals surface area contributed by atoms with Gasteiger partial charge in [0.05, 0.1) is 0 Å². The number of carbonyl (C=O) groups is 2. The minimum absolute atomic E-state index is 0.0960. The van der Waals surface area contributed by atoms with Gasteiger partial charge in [-0.1, -0.05) is 0 Å². The monoisotopic (exact) mass is 148 g/mol. The van der Waals surface area contributed by atoms with Crippen molar-refractivity contribution in [1.29, 1.82) is 0 Å². The van der Waals surface area contributed by atoms with E-state index in [1.807, 2.05) is 0 Å². The van der Waals surface area contributed by atoms with Gasteiger partial charge in [0, 0.05) is 20.0 Å². The Morgan fingerprint density at radius 3 is 2.30 bits per heavy atom. The third-order valence-corrected chi connectivity index (χ3v) is 0.713. The highest BCUT2D eigenvalue weighted by Crippen LogP contribution is 1.90. The zero-order valence-electron chi connectivity index (χ0n) is 5.91. The normalized spacial score (nSPS) is 7.40. The van der Waals surface area contributed by atoms with Crippen LogP contribution >= 0.6 is 0 Å². The molecule has 0 aliphatic heterocycles. The predicted molar refractivity (Wildman–Crippen MR) is 35.7 cm³/mol. The highest BCUT2D eigenvalue weighted by atomic mass is 16.4. The average Bonchev–Trinajstić information content (AvgIpc) is 1.92. The number of aliphatic hydroxyl groups excluding tert-OH is 1. The summed E-state index contributed by atoms with van der Waals surface area (Å²) in [5.41, 5.74) is 0. The molecule has 0 amide bonds. The van der Waals surface area contributed by atoms with Gasteiger partial charge < -0.3 is 15.0 Å². The maximum absolute atomic E-state index is 9.76. The molecule has 0 saturated carbocycles. The Kier molecular flexibility index (Phi) is 13.0. The second-order valence-corrected chi connectivity index (χ2v) is 1.45. The van der Waals surface area contributed by atoms with E-state index in [1.54, 1.807) is 0 Å². The number of carboxylic acids is 1. The molecule has 0 fully saturated rings. The summed E-state index contributed by atoms with van der Waals surface area (Å²) < 4.78 is 0. The molecule has 0 aromatic rings. The van der Waals surface area contributed by atoms with Crippen LogP contribution in [0, 0.1) is 0 Å². The Morgan fingerprint density at radius 1 is 1.50 bits per heavy atom. The summed E-state index contributed by atoms with van der Waals surface area (Å²) in [5.74, 6) is -0.841. The van der Waals surface area contributed by atoms with Crippen molar-refractivity contribution in [3.63, 3.8) is 0 Å². The smallest absolute Gasteiger partial charge is 0.303 e. The van der Waals surface area contributed by atoms with Crippen molar-refractivity contribution >= 4 is 12.3 Å². The summed E-state index contributed by atoms with van der Waals surface area (Å²) in [4.78, 5) is 19.4. The van der Waals surface area contributed by atoms with Gasteiger partial charge >= 0.3 is 5.97 Å². The van der Waals surface area contributed by atoms with Crippen molar-refractivity contribution < 1.29 is 19.8 Å². The molecule has 0 saturated heterocycles. The fourth-order valence-electron chi connectivity index (χ4n) is 0.337. The number of unbranched alkanes of at least 4 members (excludes halogenated alkanes) is 1. The van der Waals surface area contributed by atoms with E-state index in [4.69, 9.17) is 10.2 Å². The molecule has 0 spiro atoms. The van der Waals surface area contributed by atoms with Gasteiger partial charge in [0.2, 0.25) is 0 Å². The summed E-state index contributed by atoms with van der Waals surface area (Å²) in [6.45, 7) is 0. The molecule has 2 N–H and O–H groups in total. The van der Waals surface area contributed by atoms with Crippen LogP contribution in [0.5, 0.6) is 0 Å². The van der Waals surface area contributed by atoms with E-state index in [0.717, 1.165) is 13.4 Å². The number of rotatable bonds is 4. The quantitative estimate of drug-likeness (QED) is 0.436. The first-order valence-corrected chi connectivity index (χ1v) is 2.87. The SMILES string of the molecule is CO.O=CCCCC(=O)O. The molecule has 0 aliphatic rings. The molecule has 0 aliphatic carbocycles. The molecule has 0 aromatic heterocycles. The molecule has 0 aromatic carbocycles. The Morgan fingerprint density at radius 2 is 2.00 bits per heavy atom. The molecule has 0 unspecified atom stereocenters. The molecular formula is C6H12O4. The lowest BCUT2D eigenvalue weighted by atomic mass is 10.2. The van der Waals surface area contributed by atoms with E-state index in [9.17, 15) is 9.59 Å². The van der Waals surface area contributed by atoms with E-state index in [1.165, 1.54) is 0 Å². The number of aldehydes is 1. The van der Waals surface area contributed by atoms with Gasteiger partial charge in [-0.2, -0.15) is 0 Å². The van der Waals surface area contributed by atoms with Crippen LogP contribution in [0.25, 0.3) is 0 Å². The number of hydrogen-bond acceptors (Lipinski definition) is 3. The van der Waals surface area contributed by atoms with Gasteiger partial charge in [-0.25, -0.2) is 0 Å². The summed E-state index contributed by atoms with van der Waals surface area (Å²) in [6, 6.07) is 0. The van der Waals surface area contributed by atoms with Gasteiger partial charge in [0.1, 0.15) is 6.29 Å². The topological polar surface area (TPSA) is 74.6 Å². The second-order valence-electron chi connectivity index (χ2n) is 1.45. The lowest BCUT2D eigenvalue weighted by Crippen LogP contribution is -1.93. The second kappa shape index (κ2) is 11.0. The lowest BCUT2D eigenvalue weighted by molar-refractivity contribution is -0.137. The van der Waals surface area contributed by atoms with Gasteiger partial charge in [0.25, 0.3) is 0 Å². The molecule has 4 heteroatoms. The molecule has 0 bridgehead atoms. The fraction of sp³-hybridized carbons (Fsp3) is 0.667. The minimum atomic E-state index is -0.841. The zero-order valence-corrected chi connectivity index (χ0v) is 5.91. The number of aliphatic hydroxyl groups is 1. The summed E-state index contributed by atoms with van der Waals surface area (Å²) >= 11 is 0. The molecule has 0 atom stereocenters. The molecule has 4 nitrogen and oxygen atoms in total. The summed E-state index contributed by atoms with van der Waals surface area (Å²) in [5, 5.41) is 15.0. The van der Waals surface area contributed by atoms with Crippen molar-refractivity contribution in [2.75, 3.05) is 7.11 Å². The van der Waals surface area contributed by atoms with E-state index >= 15 is 0 Å². The first-order valence-electron chi connectivity index (χ1n) is 2.87. The summed E-state index contributed by atoms with van der Waals surface area (Å²) in [7, 11) is 1.00. The molecular weight excluding hydrogens is 136 g/mol. The minimum Gasteiger partial charge on any atom is -0.481 e. The molecule has 10 heavy (non-hydrogen) atoms. The highest BCUT2D eigenvalue weighted by Gasteiger charge is 1.93. The maximum Gasteiger partial charge on any atom is 0.303 e. The van der Waals surface area contributed by atoms with E-state index in [0.29, 0.717) is 12.8 Å². The zero-order chi connectivity index (χ0) is 8.41. The standard InChI is InChI=1S/C5H8O3.CH4O/c6-4-2-1-3-5(7)8;1-2/h4H,1-3H2,(H,7,8);2H,1H3. The lowest BCUT2D eigenvalue weighted by Gasteiger charge is -1.85. The van der Waals surface area contributed by atoms with Crippen LogP contribution in [-0.2, 0) is 9.59 Å². The van der Waals surface area contributed by atoms with Gasteiger partial charge in [-0.05, 0) is 6.42 Å². The van der Waals surface area contributed by atoms with Crippen molar-refractivity contribution in [3.8, 4) is 0 Å². The number of carbonyl (C=O) groups excluding carboxylic acids is 1. The first kappa shape index (κ1) is 11.8. The Labute approximate surface area is 59.5 Å². The Hall–Kier alpha value is -0.900. The molecule has 0 rings (SSSR count). The van der Waals surface area contributed by atoms with E-state index in [-0.39, 0.29) is 6.42 Å². The van der Waals surface area contributed by atoms with Crippen LogP contribution in [-0.4, -0.2) is 29.6 Å². The third-order valence-electron chi connectivity index (χ3n) is 0.713. The van der Waals surface area contributed by atoms with Crippen LogP contribution in [0.4, 0.5) is 0 Å². The fourth-order valence-corrected chi connectivity index (χ4v) is 0.337. The molecule has 0 heterocycles. The highest BCUT2D eigenvalue weighted by molar-refractivity contribution is 5.67. The molecule has 0 radical (unpaired) electrons. The van der Waals surface area contributed by atoms with Crippen molar-refractivity contribution in [2.24, 2.45) is 0 Å². The van der Waals surface area contributed by atoms with Crippen LogP contribution in [0.3, 0.4) is 0 Å². The van der Waals surface area contributed by atoms with Crippen molar-refractivity contribution in [2.45, 2.75) is 19.3 Å². The van der Waals surface area contributed by atoms with Crippen LogP contribution in [0.1, 0.15) is 19.3 Å². The Balaban J connectivity index is 0. The maximum atomic E-state index is 9.76. The van der Waals surface area contributed by atoms with Crippen LogP contribution in [0.2, 0.25) is 0 Å². The third kappa shape index (κ3) is 15.7. The van der Waals surface area contributed by atoms with Crippen LogP contribution in [0.15, 0.2) is 0 Å². The van der Waals surface area contributed by atoms with Gasteiger partial charge in [-0.15, -0.1) is 0 Å². The van der Waals surface area contributed by atoms with Gasteiger partial charge in [-0.3, -0.25) is 4.79 Å². The number of aliphatic carboxylic acids is 1. The van der Waals surface area contributed by atoms with Gasteiger partial charge in [0.15, 0.2) is 0 Å². The molecule has 60 valence electrons. The first-order chi connectivity index (χ1) is 4.77. The Bertz CT molecular complexity index is 89.7. The van der Waals surface area contributed by atoms with Crippen LogP contribution < -0.4 is 0 Å². The van der Waals surface area contributed by atoms with E-state index < -0.39 is 5.97 Å². The predicted octanol–water partition coefficient (Wildman–Crippen LogP) is 0.0487. The van der Waals surface area contributed by atoms with Crippen molar-refractivity contribution in [1.82, 2.24) is 0 Å². The van der Waals surface area contributed by atoms with E-state index in [2.05, 4.69) is 0 Å². The number of carboxylic acid groups (broad SMARTS) is 1. The van der Waals surface area contributed by atoms with Crippen molar-refractivity contribution in [3.05, 3.63) is 0 Å². The number of hydrogen-bond donors (Lipinski definition) is 2. The summed E-state index contributed by atoms with van der Waals surface area (Å²) in [6.07, 6.45) is 1.63. The average molecular weight is 148 g/mol. The largest absolute Gasteiger partial charge is 0.481 e.